The zero-order valence-electron chi connectivity index (χ0n) is 9.63. The Morgan fingerprint density at radius 3 is 3.00 bits per heavy atom. The molecule has 88 valence electrons. The van der Waals surface area contributed by atoms with Crippen molar-refractivity contribution < 1.29 is 9.90 Å². The summed E-state index contributed by atoms with van der Waals surface area (Å²) in [7, 11) is 1.93. The zero-order chi connectivity index (χ0) is 11.7. The summed E-state index contributed by atoms with van der Waals surface area (Å²) in [4.78, 5) is 17.2. The molecule has 2 rings (SSSR count). The molecule has 1 N–H and O–H groups in total. The molecule has 0 aliphatic carbocycles. The van der Waals surface area contributed by atoms with Crippen LogP contribution in [0.1, 0.15) is 19.0 Å². The van der Waals surface area contributed by atoms with Crippen LogP contribution in [0, 0.1) is 5.92 Å². The molecular weight excluding hydrogens is 206 g/mol. The Balaban J connectivity index is 2.10. The average molecular weight is 223 g/mol. The summed E-state index contributed by atoms with van der Waals surface area (Å²) < 4.78 is 1.93. The molecule has 0 bridgehead atoms. The first-order valence-electron chi connectivity index (χ1n) is 5.51. The molecule has 0 saturated carbocycles. The van der Waals surface area contributed by atoms with Gasteiger partial charge in [-0.2, -0.15) is 0 Å². The molecular formula is C11H17N3O2. The number of imidazole rings is 1. The van der Waals surface area contributed by atoms with Crippen molar-refractivity contribution >= 4 is 5.97 Å². The van der Waals surface area contributed by atoms with Crippen LogP contribution in [0.15, 0.2) is 12.5 Å². The molecule has 1 fully saturated rings. The summed E-state index contributed by atoms with van der Waals surface area (Å²) in [6.07, 6.45) is 4.49. The third kappa shape index (κ3) is 1.95. The number of rotatable bonds is 3. The standard InChI is InChI=1S/C11H17N3O2/c1-8-3-4-14(10(8)11(15)16)6-9-5-12-7-13(9)2/h5,7-8,10H,3-4,6H2,1-2H3,(H,15,16). The Hall–Kier alpha value is -1.36. The lowest BCUT2D eigenvalue weighted by Crippen LogP contribution is -2.38. The van der Waals surface area contributed by atoms with Crippen molar-refractivity contribution in [2.24, 2.45) is 13.0 Å². The molecule has 1 aliphatic rings. The van der Waals surface area contributed by atoms with Crippen LogP contribution in [0.2, 0.25) is 0 Å². The lowest BCUT2D eigenvalue weighted by molar-refractivity contribution is -0.143. The Morgan fingerprint density at radius 1 is 1.69 bits per heavy atom. The monoisotopic (exact) mass is 223 g/mol. The van der Waals surface area contributed by atoms with Crippen LogP contribution >= 0.6 is 0 Å². The number of likely N-dealkylation sites (tertiary alicyclic amines) is 1. The summed E-state index contributed by atoms with van der Waals surface area (Å²) in [5.41, 5.74) is 1.06. The number of carboxylic acids is 1. The van der Waals surface area contributed by atoms with Crippen LogP contribution < -0.4 is 0 Å². The fourth-order valence-corrected chi connectivity index (χ4v) is 2.35. The van der Waals surface area contributed by atoms with Gasteiger partial charge in [-0.15, -0.1) is 0 Å². The van der Waals surface area contributed by atoms with E-state index in [0.717, 1.165) is 18.7 Å². The van der Waals surface area contributed by atoms with Gasteiger partial charge in [-0.05, 0) is 18.9 Å². The van der Waals surface area contributed by atoms with Crippen molar-refractivity contribution in [1.82, 2.24) is 14.5 Å². The molecule has 16 heavy (non-hydrogen) atoms. The van der Waals surface area contributed by atoms with Gasteiger partial charge < -0.3 is 9.67 Å². The van der Waals surface area contributed by atoms with Crippen LogP contribution in [0.4, 0.5) is 0 Å². The molecule has 0 radical (unpaired) electrons. The molecule has 1 aromatic rings. The highest BCUT2D eigenvalue weighted by molar-refractivity contribution is 5.74. The minimum Gasteiger partial charge on any atom is -0.480 e. The molecule has 5 heteroatoms. The number of aliphatic carboxylic acids is 1. The van der Waals surface area contributed by atoms with E-state index >= 15 is 0 Å². The van der Waals surface area contributed by atoms with Crippen LogP contribution in [-0.4, -0.2) is 38.1 Å². The number of hydrogen-bond acceptors (Lipinski definition) is 3. The van der Waals surface area contributed by atoms with Crippen molar-refractivity contribution in [2.45, 2.75) is 25.9 Å². The van der Waals surface area contributed by atoms with Crippen molar-refractivity contribution in [2.75, 3.05) is 6.54 Å². The van der Waals surface area contributed by atoms with E-state index in [1.165, 1.54) is 0 Å². The smallest absolute Gasteiger partial charge is 0.321 e. The van der Waals surface area contributed by atoms with Crippen LogP contribution in [0.5, 0.6) is 0 Å². The number of aromatic nitrogens is 2. The molecule has 5 nitrogen and oxygen atoms in total. The van der Waals surface area contributed by atoms with E-state index < -0.39 is 5.97 Å². The Kier molecular flexibility index (Phi) is 2.96. The van der Waals surface area contributed by atoms with Gasteiger partial charge in [-0.3, -0.25) is 9.69 Å². The largest absolute Gasteiger partial charge is 0.480 e. The first-order valence-corrected chi connectivity index (χ1v) is 5.51. The third-order valence-electron chi connectivity index (χ3n) is 3.34. The number of nitrogens with zero attached hydrogens (tertiary/aromatic N) is 3. The molecule has 2 atom stereocenters. The fraction of sp³-hybridized carbons (Fsp3) is 0.636. The highest BCUT2D eigenvalue weighted by Gasteiger charge is 2.36. The molecule has 1 aromatic heterocycles. The van der Waals surface area contributed by atoms with Gasteiger partial charge in [0.1, 0.15) is 6.04 Å². The molecule has 0 aromatic carbocycles. The second-order valence-corrected chi connectivity index (χ2v) is 4.52. The summed E-state index contributed by atoms with van der Waals surface area (Å²) in [6, 6.07) is -0.352. The van der Waals surface area contributed by atoms with Crippen LogP contribution in [0.3, 0.4) is 0 Å². The van der Waals surface area contributed by atoms with Crippen molar-refractivity contribution in [3.63, 3.8) is 0 Å². The molecule has 1 aliphatic heterocycles. The predicted molar refractivity (Wildman–Crippen MR) is 58.8 cm³/mol. The Bertz CT molecular complexity index is 388. The Labute approximate surface area is 94.7 Å². The highest BCUT2D eigenvalue weighted by atomic mass is 16.4. The quantitative estimate of drug-likeness (QED) is 0.820. The third-order valence-corrected chi connectivity index (χ3v) is 3.34. The Morgan fingerprint density at radius 2 is 2.44 bits per heavy atom. The van der Waals surface area contributed by atoms with Crippen LogP contribution in [-0.2, 0) is 18.4 Å². The van der Waals surface area contributed by atoms with E-state index in [4.69, 9.17) is 0 Å². The van der Waals surface area contributed by atoms with Gasteiger partial charge in [0.25, 0.3) is 0 Å². The van der Waals surface area contributed by atoms with Gasteiger partial charge in [0.15, 0.2) is 0 Å². The minimum absolute atomic E-state index is 0.228. The zero-order valence-corrected chi connectivity index (χ0v) is 9.63. The van der Waals surface area contributed by atoms with Gasteiger partial charge in [0.2, 0.25) is 0 Å². The van der Waals surface area contributed by atoms with E-state index in [1.807, 2.05) is 23.4 Å². The minimum atomic E-state index is -0.716. The molecule has 0 amide bonds. The number of carbonyl (C=O) groups is 1. The average Bonchev–Trinajstić information content (AvgIpc) is 2.75. The lowest BCUT2D eigenvalue weighted by atomic mass is 10.0. The summed E-state index contributed by atoms with van der Waals surface area (Å²) in [6.45, 7) is 3.52. The van der Waals surface area contributed by atoms with Crippen LogP contribution in [0.25, 0.3) is 0 Å². The maximum Gasteiger partial charge on any atom is 0.321 e. The summed E-state index contributed by atoms with van der Waals surface area (Å²) >= 11 is 0. The maximum absolute atomic E-state index is 11.2. The number of carboxylic acid groups (broad SMARTS) is 1. The van der Waals surface area contributed by atoms with Gasteiger partial charge >= 0.3 is 5.97 Å². The van der Waals surface area contributed by atoms with E-state index in [1.54, 1.807) is 12.5 Å². The first kappa shape index (κ1) is 11.1. The molecule has 2 unspecified atom stereocenters. The van der Waals surface area contributed by atoms with Gasteiger partial charge in [-0.1, -0.05) is 6.92 Å². The van der Waals surface area contributed by atoms with Crippen molar-refractivity contribution in [1.29, 1.82) is 0 Å². The molecule has 2 heterocycles. The normalized spacial score (nSPS) is 26.1. The highest BCUT2D eigenvalue weighted by Crippen LogP contribution is 2.25. The number of hydrogen-bond donors (Lipinski definition) is 1. The van der Waals surface area contributed by atoms with Gasteiger partial charge in [-0.25, -0.2) is 4.98 Å². The topological polar surface area (TPSA) is 58.4 Å². The van der Waals surface area contributed by atoms with Gasteiger partial charge in [0.05, 0.1) is 12.0 Å². The van der Waals surface area contributed by atoms with Crippen molar-refractivity contribution in [3.8, 4) is 0 Å². The van der Waals surface area contributed by atoms with E-state index in [-0.39, 0.29) is 12.0 Å². The van der Waals surface area contributed by atoms with E-state index in [9.17, 15) is 9.90 Å². The SMILES string of the molecule is CC1CCN(Cc2cncn2C)C1C(=O)O. The predicted octanol–water partition coefficient (Wildman–Crippen LogP) is 0.715. The van der Waals surface area contributed by atoms with Crippen molar-refractivity contribution in [3.05, 3.63) is 18.2 Å². The van der Waals surface area contributed by atoms with E-state index in [0.29, 0.717) is 6.54 Å². The summed E-state index contributed by atoms with van der Waals surface area (Å²) in [5, 5.41) is 9.19. The molecule has 0 spiro atoms. The molecule has 1 saturated heterocycles. The summed E-state index contributed by atoms with van der Waals surface area (Å²) in [5.74, 6) is -0.488. The second kappa shape index (κ2) is 4.25. The maximum atomic E-state index is 11.2. The first-order chi connectivity index (χ1) is 7.59. The van der Waals surface area contributed by atoms with Gasteiger partial charge in [0, 0.05) is 19.8 Å². The lowest BCUT2D eigenvalue weighted by Gasteiger charge is -2.22. The van der Waals surface area contributed by atoms with E-state index in [2.05, 4.69) is 4.98 Å². The number of aryl methyl sites for hydroxylation is 1. The fourth-order valence-electron chi connectivity index (χ4n) is 2.35. The second-order valence-electron chi connectivity index (χ2n) is 4.52.